The van der Waals surface area contributed by atoms with E-state index in [1.807, 2.05) is 0 Å². The van der Waals surface area contributed by atoms with Crippen molar-refractivity contribution in [1.29, 1.82) is 0 Å². The van der Waals surface area contributed by atoms with E-state index >= 15 is 0 Å². The third-order valence-electron chi connectivity index (χ3n) is 10.1. The molecule has 2 atom stereocenters. The Kier molecular flexibility index (Phi) is 45.7. The monoisotopic (exact) mass is 913 g/mol. The molecule has 0 aliphatic heterocycles. The third kappa shape index (κ3) is 45.5. The minimum atomic E-state index is -1.40. The fraction of sp³-hybridized carbons (Fsp3) is 0.544. The maximum Gasteiger partial charge on any atom is 0.328 e. The first kappa shape index (κ1) is 61.0. The Morgan fingerprint density at radius 2 is 0.833 bits per heavy atom. The Morgan fingerprint density at radius 1 is 0.455 bits per heavy atom. The number of carbonyl (C=O) groups excluding carboxylic acids is 3. The van der Waals surface area contributed by atoms with E-state index in [9.17, 15) is 19.2 Å². The summed E-state index contributed by atoms with van der Waals surface area (Å²) in [6, 6.07) is -1.40. The van der Waals surface area contributed by atoms with Gasteiger partial charge < -0.3 is 25.6 Å². The van der Waals surface area contributed by atoms with Crippen LogP contribution in [0.15, 0.2) is 134 Å². The SMILES string of the molecule is CC/C=C\C/C=C\C/C=C\C/C=C\C/C=C\C/C=C\C/C=C\CCCC(=O)OC(CCCC/C=C\C/C=C\C/C=C\C/C=C\CC)CCCCCCCC(=O)NCC(=O)NC(CO)C(=O)O. The van der Waals surface area contributed by atoms with Gasteiger partial charge in [-0.1, -0.05) is 167 Å². The maximum absolute atomic E-state index is 12.9. The van der Waals surface area contributed by atoms with Gasteiger partial charge in [-0.2, -0.15) is 0 Å². The number of hydrogen-bond acceptors (Lipinski definition) is 6. The zero-order valence-corrected chi connectivity index (χ0v) is 40.9. The van der Waals surface area contributed by atoms with E-state index in [2.05, 4.69) is 158 Å². The van der Waals surface area contributed by atoms with Crippen LogP contribution in [0.5, 0.6) is 0 Å². The van der Waals surface area contributed by atoms with Crippen molar-refractivity contribution in [2.24, 2.45) is 0 Å². The predicted molar refractivity (Wildman–Crippen MR) is 277 cm³/mol. The normalized spacial score (nSPS) is 13.6. The highest BCUT2D eigenvalue weighted by Crippen LogP contribution is 2.17. The minimum absolute atomic E-state index is 0.0953. The maximum atomic E-state index is 12.9. The second kappa shape index (κ2) is 49.4. The van der Waals surface area contributed by atoms with E-state index in [0.717, 1.165) is 141 Å². The number of esters is 1. The summed E-state index contributed by atoms with van der Waals surface area (Å²) >= 11 is 0. The first-order valence-electron chi connectivity index (χ1n) is 25.1. The first-order chi connectivity index (χ1) is 32.3. The summed E-state index contributed by atoms with van der Waals surface area (Å²) < 4.78 is 6.01. The molecule has 0 aromatic heterocycles. The van der Waals surface area contributed by atoms with E-state index < -0.39 is 24.5 Å². The molecule has 0 rings (SSSR count). The van der Waals surface area contributed by atoms with Gasteiger partial charge in [0.15, 0.2) is 0 Å². The molecule has 0 fully saturated rings. The van der Waals surface area contributed by atoms with Gasteiger partial charge in [-0.3, -0.25) is 14.4 Å². The van der Waals surface area contributed by atoms with Gasteiger partial charge in [-0.25, -0.2) is 4.79 Å². The van der Waals surface area contributed by atoms with Gasteiger partial charge in [0.05, 0.1) is 13.2 Å². The number of unbranched alkanes of at least 4 members (excludes halogenated alkanes) is 7. The summed E-state index contributed by atoms with van der Waals surface area (Å²) in [5.41, 5.74) is 0. The number of aliphatic hydroxyl groups is 1. The largest absolute Gasteiger partial charge is 0.480 e. The van der Waals surface area contributed by atoms with Crippen molar-refractivity contribution in [3.8, 4) is 0 Å². The topological polar surface area (TPSA) is 142 Å². The number of ether oxygens (including phenoxy) is 1. The van der Waals surface area contributed by atoms with Crippen LogP contribution in [0.4, 0.5) is 0 Å². The van der Waals surface area contributed by atoms with Crippen molar-refractivity contribution < 1.29 is 34.1 Å². The average Bonchev–Trinajstić information content (AvgIpc) is 3.30. The van der Waals surface area contributed by atoms with Gasteiger partial charge in [0.25, 0.3) is 0 Å². The van der Waals surface area contributed by atoms with E-state index in [1.54, 1.807) is 0 Å². The highest BCUT2D eigenvalue weighted by atomic mass is 16.5. The predicted octanol–water partition coefficient (Wildman–Crippen LogP) is 13.5. The lowest BCUT2D eigenvalue weighted by Gasteiger charge is -2.18. The first-order valence-corrected chi connectivity index (χ1v) is 25.1. The molecule has 0 aliphatic rings. The molecular weight excluding hydrogens is 825 g/mol. The molecule has 0 aromatic carbocycles. The fourth-order valence-electron chi connectivity index (χ4n) is 6.40. The smallest absolute Gasteiger partial charge is 0.328 e. The molecule has 0 aliphatic carbocycles. The molecule has 0 heterocycles. The van der Waals surface area contributed by atoms with Crippen molar-refractivity contribution >= 4 is 23.8 Å². The molecule has 0 saturated carbocycles. The molecule has 368 valence electrons. The van der Waals surface area contributed by atoms with Crippen molar-refractivity contribution in [3.63, 3.8) is 0 Å². The molecule has 9 nitrogen and oxygen atoms in total. The van der Waals surface area contributed by atoms with E-state index in [4.69, 9.17) is 14.9 Å². The average molecular weight is 913 g/mol. The van der Waals surface area contributed by atoms with E-state index in [0.29, 0.717) is 12.8 Å². The van der Waals surface area contributed by atoms with Crippen molar-refractivity contribution in [3.05, 3.63) is 134 Å². The number of carboxylic acids is 1. The second-order valence-electron chi connectivity index (χ2n) is 16.1. The van der Waals surface area contributed by atoms with Crippen LogP contribution in [-0.4, -0.2) is 59.3 Å². The van der Waals surface area contributed by atoms with Gasteiger partial charge in [-0.15, -0.1) is 0 Å². The Morgan fingerprint density at radius 3 is 1.26 bits per heavy atom. The van der Waals surface area contributed by atoms with Crippen LogP contribution in [0, 0.1) is 0 Å². The zero-order chi connectivity index (χ0) is 48.2. The van der Waals surface area contributed by atoms with Crippen molar-refractivity contribution in [1.82, 2.24) is 10.6 Å². The van der Waals surface area contributed by atoms with Gasteiger partial charge in [-0.05, 0) is 128 Å². The van der Waals surface area contributed by atoms with Gasteiger partial charge in [0.2, 0.25) is 11.8 Å². The molecule has 2 amide bonds. The number of aliphatic carboxylic acids is 1. The van der Waals surface area contributed by atoms with Crippen LogP contribution < -0.4 is 10.6 Å². The quantitative estimate of drug-likeness (QED) is 0.0271. The number of aliphatic hydroxyl groups excluding tert-OH is 1. The third-order valence-corrected chi connectivity index (χ3v) is 10.1. The Bertz CT molecular complexity index is 1560. The summed E-state index contributed by atoms with van der Waals surface area (Å²) in [4.78, 5) is 47.8. The van der Waals surface area contributed by atoms with Crippen LogP contribution >= 0.6 is 0 Å². The highest BCUT2D eigenvalue weighted by molar-refractivity contribution is 5.87. The van der Waals surface area contributed by atoms with Gasteiger partial charge >= 0.3 is 11.9 Å². The number of nitrogens with one attached hydrogen (secondary N) is 2. The second-order valence-corrected chi connectivity index (χ2v) is 16.1. The standard InChI is InChI=1S/C57H88N2O7/c1-3-5-7-9-11-13-15-17-19-20-21-22-23-24-25-26-28-30-32-34-36-41-45-49-56(63)66-52(46-42-38-35-33-31-29-27-18-16-14-12-10-8-6-4-2)47-43-39-37-40-44-48-54(61)58-50-55(62)59-53(51-60)57(64)65/h5-8,11-14,17-19,21-22,24-25,27-28,30-31,33-34,36,52-53,60H,3-4,9-10,15-16,20,23,26,29,32,35,37-51H2,1-2H3,(H,58,61)(H,59,62)(H,64,65)/b7-5-,8-6-,13-11-,14-12-,19-17-,22-21-,25-24-,27-18-,30-28-,33-31-,36-34-. The van der Waals surface area contributed by atoms with Crippen LogP contribution in [-0.2, 0) is 23.9 Å². The number of allylic oxidation sites excluding steroid dienone is 22. The number of carboxylic acid groups (broad SMARTS) is 1. The summed E-state index contributed by atoms with van der Waals surface area (Å²) in [6.07, 6.45) is 70.5. The fourth-order valence-corrected chi connectivity index (χ4v) is 6.40. The van der Waals surface area contributed by atoms with Crippen LogP contribution in [0.2, 0.25) is 0 Å². The molecule has 0 saturated heterocycles. The Balaban J connectivity index is 4.53. The molecule has 0 aromatic rings. The van der Waals surface area contributed by atoms with Gasteiger partial charge in [0, 0.05) is 12.8 Å². The number of amides is 2. The summed E-state index contributed by atoms with van der Waals surface area (Å²) in [7, 11) is 0. The van der Waals surface area contributed by atoms with Crippen LogP contribution in [0.3, 0.4) is 0 Å². The lowest BCUT2D eigenvalue weighted by atomic mass is 10.0. The number of hydrogen-bond donors (Lipinski definition) is 4. The number of rotatable bonds is 43. The van der Waals surface area contributed by atoms with Crippen molar-refractivity contribution in [2.45, 2.75) is 187 Å². The Hall–Kier alpha value is -5.02. The van der Waals surface area contributed by atoms with Crippen LogP contribution in [0.25, 0.3) is 0 Å². The Labute approximate surface area is 400 Å². The molecule has 9 heteroatoms. The molecule has 4 N–H and O–H groups in total. The molecular formula is C57H88N2O7. The highest BCUT2D eigenvalue weighted by Gasteiger charge is 2.19. The summed E-state index contributed by atoms with van der Waals surface area (Å²) in [6.45, 7) is 3.23. The summed E-state index contributed by atoms with van der Waals surface area (Å²) in [5.74, 6) is -2.41. The van der Waals surface area contributed by atoms with Crippen LogP contribution in [0.1, 0.15) is 174 Å². The molecule has 66 heavy (non-hydrogen) atoms. The van der Waals surface area contributed by atoms with Gasteiger partial charge in [0.1, 0.15) is 12.1 Å². The lowest BCUT2D eigenvalue weighted by Crippen LogP contribution is -2.47. The molecule has 2 unspecified atom stereocenters. The summed E-state index contributed by atoms with van der Waals surface area (Å²) in [5, 5.41) is 22.6. The zero-order valence-electron chi connectivity index (χ0n) is 40.9. The lowest BCUT2D eigenvalue weighted by molar-refractivity contribution is -0.150. The van der Waals surface area contributed by atoms with Crippen molar-refractivity contribution in [2.75, 3.05) is 13.2 Å². The molecule has 0 radical (unpaired) electrons. The molecule has 0 spiro atoms. The van der Waals surface area contributed by atoms with E-state index in [-0.39, 0.29) is 30.9 Å². The van der Waals surface area contributed by atoms with E-state index in [1.165, 1.54) is 0 Å². The number of carbonyl (C=O) groups is 4. The minimum Gasteiger partial charge on any atom is -0.480 e. The molecule has 0 bridgehead atoms.